The fourth-order valence-corrected chi connectivity index (χ4v) is 11.4. The highest BCUT2D eigenvalue weighted by Gasteiger charge is 2.51. The van der Waals surface area contributed by atoms with Crippen LogP contribution in [0, 0.1) is 0 Å². The first-order valence-corrected chi connectivity index (χ1v) is 33.4. The van der Waals surface area contributed by atoms with Crippen LogP contribution >= 0.6 is 0 Å². The number of aliphatic hydroxyl groups excluding tert-OH is 8. The Hall–Kier alpha value is -1.27. The molecule has 2 fully saturated rings. The second kappa shape index (κ2) is 51.2. The third-order valence-corrected chi connectivity index (χ3v) is 16.7. The van der Waals surface area contributed by atoms with E-state index < -0.39 is 86.8 Å². The Morgan fingerprint density at radius 1 is 0.443 bits per heavy atom. The standard InChI is InChI=1S/C65H125NO13/c1-3-5-7-9-11-13-15-17-19-21-23-24-25-26-27-28-29-31-32-34-36-38-40-42-44-46-48-54(69)53(66-57(70)49-47-45-43-41-39-37-35-33-30-22-20-18-16-14-12-10-8-6-4-2)52-76-64-62(75)60(73)63(56(51-68)78-64)79-65-61(74)59(72)58(71)55(50-67)77-65/h18,20,53-56,58-65,67-69,71-75H,3-17,19,21-52H2,1-2H3,(H,66,70)/b20-18-. The Labute approximate surface area is 482 Å². The van der Waals surface area contributed by atoms with E-state index in [0.717, 1.165) is 51.4 Å². The smallest absolute Gasteiger partial charge is 0.220 e. The molecule has 0 radical (unpaired) electrons. The average Bonchev–Trinajstić information content (AvgIpc) is 3.47. The molecule has 14 nitrogen and oxygen atoms in total. The summed E-state index contributed by atoms with van der Waals surface area (Å²) in [5.41, 5.74) is 0. The Balaban J connectivity index is 1.69. The van der Waals surface area contributed by atoms with Crippen LogP contribution in [0.4, 0.5) is 0 Å². The van der Waals surface area contributed by atoms with Crippen LogP contribution in [0.3, 0.4) is 0 Å². The lowest BCUT2D eigenvalue weighted by atomic mass is 9.97. The van der Waals surface area contributed by atoms with Gasteiger partial charge in [-0.25, -0.2) is 0 Å². The summed E-state index contributed by atoms with van der Waals surface area (Å²) in [6, 6.07) is -0.828. The summed E-state index contributed by atoms with van der Waals surface area (Å²) in [4.78, 5) is 13.3. The van der Waals surface area contributed by atoms with Crippen LogP contribution < -0.4 is 5.32 Å². The summed E-state index contributed by atoms with van der Waals surface area (Å²) in [7, 11) is 0. The van der Waals surface area contributed by atoms with Gasteiger partial charge in [0, 0.05) is 6.42 Å². The van der Waals surface area contributed by atoms with Crippen molar-refractivity contribution in [3.8, 4) is 0 Å². The molecular formula is C65H125NO13. The maximum atomic E-state index is 13.3. The monoisotopic (exact) mass is 1130 g/mol. The summed E-state index contributed by atoms with van der Waals surface area (Å²) >= 11 is 0. The lowest BCUT2D eigenvalue weighted by Gasteiger charge is -2.46. The van der Waals surface area contributed by atoms with Gasteiger partial charge in [-0.05, 0) is 38.5 Å². The zero-order chi connectivity index (χ0) is 57.4. The lowest BCUT2D eigenvalue weighted by molar-refractivity contribution is -0.359. The summed E-state index contributed by atoms with van der Waals surface area (Å²) in [6.07, 6.45) is 43.6. The van der Waals surface area contributed by atoms with Gasteiger partial charge in [-0.3, -0.25) is 4.79 Å². The molecule has 12 unspecified atom stereocenters. The van der Waals surface area contributed by atoms with Crippen LogP contribution in [0.15, 0.2) is 12.2 Å². The van der Waals surface area contributed by atoms with Gasteiger partial charge in [0.15, 0.2) is 12.6 Å². The largest absolute Gasteiger partial charge is 0.394 e. The van der Waals surface area contributed by atoms with E-state index in [0.29, 0.717) is 12.8 Å². The number of amides is 1. The number of carbonyl (C=O) groups is 1. The Morgan fingerprint density at radius 2 is 0.797 bits per heavy atom. The summed E-state index contributed by atoms with van der Waals surface area (Å²) < 4.78 is 22.9. The molecule has 2 rings (SSSR count). The van der Waals surface area contributed by atoms with E-state index in [1.807, 2.05) is 0 Å². The number of unbranched alkanes of at least 4 members (excludes halogenated alkanes) is 40. The molecule has 0 spiro atoms. The molecule has 468 valence electrons. The van der Waals surface area contributed by atoms with Crippen LogP contribution in [-0.2, 0) is 23.7 Å². The fourth-order valence-electron chi connectivity index (χ4n) is 11.4. The molecule has 79 heavy (non-hydrogen) atoms. The van der Waals surface area contributed by atoms with Gasteiger partial charge < -0.3 is 65.1 Å². The molecule has 0 aromatic carbocycles. The van der Waals surface area contributed by atoms with E-state index in [-0.39, 0.29) is 12.5 Å². The Bertz CT molecular complexity index is 1380. The molecule has 14 heteroatoms. The van der Waals surface area contributed by atoms with Gasteiger partial charge >= 0.3 is 0 Å². The Kier molecular flexibility index (Phi) is 47.8. The quantitative estimate of drug-likeness (QED) is 0.0204. The highest BCUT2D eigenvalue weighted by molar-refractivity contribution is 5.76. The minimum atomic E-state index is -1.78. The molecule has 0 aromatic rings. The van der Waals surface area contributed by atoms with E-state index in [9.17, 15) is 45.6 Å². The minimum absolute atomic E-state index is 0.204. The zero-order valence-electron chi connectivity index (χ0n) is 50.6. The first-order chi connectivity index (χ1) is 38.6. The molecule has 0 bridgehead atoms. The molecule has 2 aliphatic rings. The van der Waals surface area contributed by atoms with Crippen molar-refractivity contribution >= 4 is 5.91 Å². The summed E-state index contributed by atoms with van der Waals surface area (Å²) in [5.74, 6) is -0.204. The van der Waals surface area contributed by atoms with Crippen LogP contribution in [0.2, 0.25) is 0 Å². The fraction of sp³-hybridized carbons (Fsp3) is 0.954. The number of aliphatic hydroxyl groups is 8. The van der Waals surface area contributed by atoms with Gasteiger partial charge in [-0.2, -0.15) is 0 Å². The van der Waals surface area contributed by atoms with Crippen molar-refractivity contribution in [2.75, 3.05) is 19.8 Å². The van der Waals surface area contributed by atoms with Crippen molar-refractivity contribution in [1.29, 1.82) is 0 Å². The number of hydrogen-bond acceptors (Lipinski definition) is 13. The van der Waals surface area contributed by atoms with Crippen molar-refractivity contribution in [2.24, 2.45) is 0 Å². The lowest BCUT2D eigenvalue weighted by Crippen LogP contribution is -2.65. The van der Waals surface area contributed by atoms with Crippen molar-refractivity contribution in [2.45, 2.75) is 376 Å². The van der Waals surface area contributed by atoms with Gasteiger partial charge in [-0.15, -0.1) is 0 Å². The maximum absolute atomic E-state index is 13.3. The number of allylic oxidation sites excluding steroid dienone is 2. The van der Waals surface area contributed by atoms with E-state index in [2.05, 4.69) is 31.3 Å². The third-order valence-electron chi connectivity index (χ3n) is 16.7. The predicted molar refractivity (Wildman–Crippen MR) is 319 cm³/mol. The minimum Gasteiger partial charge on any atom is -0.394 e. The molecule has 0 aliphatic carbocycles. The highest BCUT2D eigenvalue weighted by atomic mass is 16.7. The van der Waals surface area contributed by atoms with Gasteiger partial charge in [0.2, 0.25) is 5.91 Å². The molecule has 2 saturated heterocycles. The second-order valence-electron chi connectivity index (χ2n) is 24.0. The molecule has 12 atom stereocenters. The molecule has 0 aromatic heterocycles. The zero-order valence-corrected chi connectivity index (χ0v) is 50.6. The van der Waals surface area contributed by atoms with E-state index >= 15 is 0 Å². The molecule has 1 amide bonds. The molecule has 0 saturated carbocycles. The van der Waals surface area contributed by atoms with Crippen LogP contribution in [0.1, 0.15) is 303 Å². The first-order valence-electron chi connectivity index (χ1n) is 33.4. The summed E-state index contributed by atoms with van der Waals surface area (Å²) in [5, 5.41) is 87.5. The van der Waals surface area contributed by atoms with E-state index in [1.54, 1.807) is 0 Å². The second-order valence-corrected chi connectivity index (χ2v) is 24.0. The number of nitrogens with one attached hydrogen (secondary N) is 1. The predicted octanol–water partition coefficient (Wildman–Crippen LogP) is 12.6. The summed E-state index contributed by atoms with van der Waals surface area (Å²) in [6.45, 7) is 2.90. The van der Waals surface area contributed by atoms with Crippen molar-refractivity contribution in [3.63, 3.8) is 0 Å². The van der Waals surface area contributed by atoms with Gasteiger partial charge in [0.1, 0.15) is 48.8 Å². The van der Waals surface area contributed by atoms with Gasteiger partial charge in [0.05, 0.1) is 32.0 Å². The normalized spacial score (nSPS) is 24.4. The molecule has 2 heterocycles. The topological polar surface area (TPSA) is 228 Å². The average molecular weight is 1130 g/mol. The Morgan fingerprint density at radius 3 is 1.20 bits per heavy atom. The number of rotatable bonds is 55. The molecular weight excluding hydrogens is 1000 g/mol. The number of carbonyl (C=O) groups excluding carboxylic acids is 1. The maximum Gasteiger partial charge on any atom is 0.220 e. The SMILES string of the molecule is CCCCCCCC/C=C\CCCCCCCCCCCC(=O)NC(COC1OC(CO)C(OC2OC(CO)C(O)C(O)C2O)C(O)C1O)C(O)CCCCCCCCCCCCCCCCCCCCCCCCCCCC. The van der Waals surface area contributed by atoms with Crippen molar-refractivity contribution in [1.82, 2.24) is 5.32 Å². The number of ether oxygens (including phenoxy) is 4. The highest BCUT2D eigenvalue weighted by Crippen LogP contribution is 2.30. The number of hydrogen-bond donors (Lipinski definition) is 9. The van der Waals surface area contributed by atoms with Gasteiger partial charge in [-0.1, -0.05) is 270 Å². The first kappa shape index (κ1) is 73.8. The van der Waals surface area contributed by atoms with E-state index in [4.69, 9.17) is 18.9 Å². The van der Waals surface area contributed by atoms with Crippen molar-refractivity contribution < 1.29 is 64.6 Å². The molecule has 9 N–H and O–H groups in total. The van der Waals surface area contributed by atoms with Crippen LogP contribution in [0.25, 0.3) is 0 Å². The third kappa shape index (κ3) is 36.2. The van der Waals surface area contributed by atoms with Crippen LogP contribution in [0.5, 0.6) is 0 Å². The van der Waals surface area contributed by atoms with Crippen molar-refractivity contribution in [3.05, 3.63) is 12.2 Å². The molecule has 2 aliphatic heterocycles. The van der Waals surface area contributed by atoms with E-state index in [1.165, 1.54) is 225 Å². The van der Waals surface area contributed by atoms with Gasteiger partial charge in [0.25, 0.3) is 0 Å². The van der Waals surface area contributed by atoms with Crippen LogP contribution in [-0.4, -0.2) is 140 Å².